The zero-order valence-corrected chi connectivity index (χ0v) is 15.6. The van der Waals surface area contributed by atoms with Gasteiger partial charge in [-0.15, -0.1) is 0 Å². The predicted molar refractivity (Wildman–Crippen MR) is 98.2 cm³/mol. The number of carbonyl (C=O) groups excluding carboxylic acids is 3. The van der Waals surface area contributed by atoms with Gasteiger partial charge in [0.15, 0.2) is 0 Å². The summed E-state index contributed by atoms with van der Waals surface area (Å²) in [6.07, 6.45) is 7.61. The van der Waals surface area contributed by atoms with Crippen molar-refractivity contribution in [2.75, 3.05) is 6.54 Å². The highest BCUT2D eigenvalue weighted by molar-refractivity contribution is 6.09. The number of hydrogen-bond acceptors (Lipinski definition) is 3. The van der Waals surface area contributed by atoms with E-state index in [4.69, 9.17) is 0 Å². The average Bonchev–Trinajstić information content (AvgIpc) is 2.82. The Morgan fingerprint density at radius 3 is 2.37 bits per heavy atom. The Labute approximate surface area is 158 Å². The average molecular weight is 375 g/mol. The number of nitrogens with one attached hydrogen (secondary N) is 2. The zero-order chi connectivity index (χ0) is 19.4. The molecule has 1 heterocycles. The second-order valence-corrected chi connectivity index (χ2v) is 7.56. The number of nitrogens with zero attached hydrogens (tertiary/aromatic N) is 1. The van der Waals surface area contributed by atoms with E-state index in [0.29, 0.717) is 5.56 Å². The number of hydrogen-bond donors (Lipinski definition) is 2. The van der Waals surface area contributed by atoms with Crippen molar-refractivity contribution in [3.05, 3.63) is 35.6 Å². The summed E-state index contributed by atoms with van der Waals surface area (Å²) in [7, 11) is 0. The number of benzene rings is 1. The van der Waals surface area contributed by atoms with Crippen molar-refractivity contribution in [2.45, 2.75) is 63.5 Å². The third kappa shape index (κ3) is 4.28. The van der Waals surface area contributed by atoms with E-state index in [1.807, 2.05) is 0 Å². The van der Waals surface area contributed by atoms with Gasteiger partial charge in [0, 0.05) is 6.04 Å². The van der Waals surface area contributed by atoms with E-state index in [1.54, 1.807) is 6.92 Å². The SMILES string of the molecule is CC1(c2ccc(F)cc2)NC(=O)N(CC(=O)NC2CCCCCCC2)C1=O. The molecule has 0 aromatic heterocycles. The highest BCUT2D eigenvalue weighted by atomic mass is 19.1. The lowest BCUT2D eigenvalue weighted by Crippen LogP contribution is -2.45. The quantitative estimate of drug-likeness (QED) is 0.795. The normalized spacial score (nSPS) is 24.3. The fourth-order valence-corrected chi connectivity index (χ4v) is 3.84. The molecule has 4 amide bonds. The molecule has 2 N–H and O–H groups in total. The lowest BCUT2D eigenvalue weighted by atomic mass is 9.92. The second kappa shape index (κ2) is 8.06. The van der Waals surface area contributed by atoms with E-state index in [0.717, 1.165) is 30.6 Å². The minimum absolute atomic E-state index is 0.0991. The van der Waals surface area contributed by atoms with E-state index in [-0.39, 0.29) is 18.5 Å². The molecular formula is C20H26FN3O3. The summed E-state index contributed by atoms with van der Waals surface area (Å²) >= 11 is 0. The lowest BCUT2D eigenvalue weighted by Gasteiger charge is -2.23. The maximum Gasteiger partial charge on any atom is 0.325 e. The Morgan fingerprint density at radius 2 is 1.74 bits per heavy atom. The Bertz CT molecular complexity index is 714. The first-order valence-electron chi connectivity index (χ1n) is 9.59. The molecule has 0 spiro atoms. The molecule has 2 fully saturated rings. The molecule has 146 valence electrons. The monoisotopic (exact) mass is 375 g/mol. The van der Waals surface area contributed by atoms with E-state index in [2.05, 4.69) is 10.6 Å². The van der Waals surface area contributed by atoms with Crippen molar-refractivity contribution in [3.63, 3.8) is 0 Å². The van der Waals surface area contributed by atoms with Crippen LogP contribution in [-0.4, -0.2) is 35.3 Å². The lowest BCUT2D eigenvalue weighted by molar-refractivity contribution is -0.135. The van der Waals surface area contributed by atoms with Crippen molar-refractivity contribution >= 4 is 17.8 Å². The number of amides is 4. The number of carbonyl (C=O) groups is 3. The molecule has 1 aliphatic heterocycles. The van der Waals surface area contributed by atoms with Crippen molar-refractivity contribution < 1.29 is 18.8 Å². The fraction of sp³-hybridized carbons (Fsp3) is 0.550. The highest BCUT2D eigenvalue weighted by Crippen LogP contribution is 2.28. The minimum Gasteiger partial charge on any atom is -0.352 e. The van der Waals surface area contributed by atoms with Crippen molar-refractivity contribution in [1.82, 2.24) is 15.5 Å². The van der Waals surface area contributed by atoms with Crippen LogP contribution < -0.4 is 10.6 Å². The van der Waals surface area contributed by atoms with Gasteiger partial charge in [0.05, 0.1) is 0 Å². The molecule has 1 aliphatic carbocycles. The van der Waals surface area contributed by atoms with Crippen LogP contribution in [0.3, 0.4) is 0 Å². The number of halogens is 1. The van der Waals surface area contributed by atoms with Gasteiger partial charge in [0.2, 0.25) is 5.91 Å². The smallest absolute Gasteiger partial charge is 0.325 e. The molecule has 2 aliphatic rings. The van der Waals surface area contributed by atoms with Crippen molar-refractivity contribution in [2.24, 2.45) is 0 Å². The Hall–Kier alpha value is -2.44. The topological polar surface area (TPSA) is 78.5 Å². The van der Waals surface area contributed by atoms with Gasteiger partial charge in [-0.05, 0) is 37.5 Å². The summed E-state index contributed by atoms with van der Waals surface area (Å²) in [5.41, 5.74) is -0.823. The third-order valence-electron chi connectivity index (χ3n) is 5.47. The van der Waals surface area contributed by atoms with Crippen LogP contribution in [0.4, 0.5) is 9.18 Å². The minimum atomic E-state index is -1.30. The van der Waals surface area contributed by atoms with E-state index in [1.165, 1.54) is 43.5 Å². The molecule has 0 bridgehead atoms. The molecule has 1 atom stereocenters. The molecule has 27 heavy (non-hydrogen) atoms. The Balaban J connectivity index is 1.64. The van der Waals surface area contributed by atoms with Crippen LogP contribution in [-0.2, 0) is 15.1 Å². The Morgan fingerprint density at radius 1 is 1.15 bits per heavy atom. The van der Waals surface area contributed by atoms with Crippen molar-refractivity contribution in [1.29, 1.82) is 0 Å². The third-order valence-corrected chi connectivity index (χ3v) is 5.47. The first kappa shape index (κ1) is 19.3. The van der Waals surface area contributed by atoms with Gasteiger partial charge < -0.3 is 10.6 Å². The second-order valence-electron chi connectivity index (χ2n) is 7.56. The molecule has 6 nitrogen and oxygen atoms in total. The van der Waals surface area contributed by atoms with Crippen LogP contribution in [0.1, 0.15) is 57.4 Å². The van der Waals surface area contributed by atoms with Crippen LogP contribution in [0.25, 0.3) is 0 Å². The maximum absolute atomic E-state index is 13.2. The van der Waals surface area contributed by atoms with Crippen LogP contribution in [0.2, 0.25) is 0 Å². The van der Waals surface area contributed by atoms with E-state index >= 15 is 0 Å². The fourth-order valence-electron chi connectivity index (χ4n) is 3.84. The summed E-state index contributed by atoms with van der Waals surface area (Å²) in [4.78, 5) is 38.5. The summed E-state index contributed by atoms with van der Waals surface area (Å²) in [5.74, 6) is -1.26. The van der Waals surface area contributed by atoms with Crippen LogP contribution in [0, 0.1) is 5.82 Å². The van der Waals surface area contributed by atoms with Gasteiger partial charge >= 0.3 is 6.03 Å². The maximum atomic E-state index is 13.2. The van der Waals surface area contributed by atoms with Crippen LogP contribution in [0.15, 0.2) is 24.3 Å². The number of rotatable bonds is 4. The van der Waals surface area contributed by atoms with Gasteiger partial charge in [-0.2, -0.15) is 0 Å². The largest absolute Gasteiger partial charge is 0.352 e. The molecule has 1 aromatic carbocycles. The van der Waals surface area contributed by atoms with Gasteiger partial charge in [-0.3, -0.25) is 14.5 Å². The van der Waals surface area contributed by atoms with Gasteiger partial charge in [-0.25, -0.2) is 9.18 Å². The summed E-state index contributed by atoms with van der Waals surface area (Å²) in [5, 5.41) is 5.59. The molecular weight excluding hydrogens is 349 g/mol. The molecule has 1 unspecified atom stereocenters. The predicted octanol–water partition coefficient (Wildman–Crippen LogP) is 2.82. The first-order valence-corrected chi connectivity index (χ1v) is 9.59. The van der Waals surface area contributed by atoms with Gasteiger partial charge in [0.25, 0.3) is 5.91 Å². The van der Waals surface area contributed by atoms with E-state index in [9.17, 15) is 18.8 Å². The van der Waals surface area contributed by atoms with E-state index < -0.39 is 23.3 Å². The van der Waals surface area contributed by atoms with Crippen molar-refractivity contribution in [3.8, 4) is 0 Å². The number of imide groups is 1. The number of urea groups is 1. The summed E-state index contributed by atoms with van der Waals surface area (Å²) < 4.78 is 13.2. The Kier molecular flexibility index (Phi) is 5.77. The molecule has 7 heteroatoms. The standard InChI is InChI=1S/C20H26FN3O3/c1-20(14-9-11-15(21)12-10-14)18(26)24(19(27)23-20)13-17(25)22-16-7-5-3-2-4-6-8-16/h9-12,16H,2-8,13H2,1H3,(H,22,25)(H,23,27). The molecule has 0 radical (unpaired) electrons. The van der Waals surface area contributed by atoms with Gasteiger partial charge in [-0.1, -0.05) is 44.2 Å². The summed E-state index contributed by atoms with van der Waals surface area (Å²) in [6, 6.07) is 4.90. The molecule has 1 saturated carbocycles. The summed E-state index contributed by atoms with van der Waals surface area (Å²) in [6.45, 7) is 1.26. The van der Waals surface area contributed by atoms with Gasteiger partial charge in [0.1, 0.15) is 17.9 Å². The molecule has 3 rings (SSSR count). The molecule has 1 aromatic rings. The zero-order valence-electron chi connectivity index (χ0n) is 15.6. The van der Waals surface area contributed by atoms with Crippen LogP contribution >= 0.6 is 0 Å². The highest BCUT2D eigenvalue weighted by Gasteiger charge is 2.49. The first-order chi connectivity index (χ1) is 12.9. The molecule has 1 saturated heterocycles. The van der Waals surface area contributed by atoms with Crippen LogP contribution in [0.5, 0.6) is 0 Å².